The summed E-state index contributed by atoms with van der Waals surface area (Å²) in [6.07, 6.45) is -0.0489. The van der Waals surface area contributed by atoms with Crippen LogP contribution >= 0.6 is 11.6 Å². The molecule has 3 rings (SSSR count). The largest absolute Gasteiger partial charge is 0.497 e. The van der Waals surface area contributed by atoms with Gasteiger partial charge in [0, 0.05) is 30.2 Å². The van der Waals surface area contributed by atoms with Gasteiger partial charge in [0.1, 0.15) is 11.6 Å². The lowest BCUT2D eigenvalue weighted by molar-refractivity contribution is -0.0342. The molecule has 0 saturated carbocycles. The fourth-order valence-corrected chi connectivity index (χ4v) is 5.24. The van der Waals surface area contributed by atoms with Crippen LogP contribution in [-0.4, -0.2) is 52.8 Å². The first-order valence-corrected chi connectivity index (χ1v) is 11.5. The molecule has 30 heavy (non-hydrogen) atoms. The first-order valence-electron chi connectivity index (χ1n) is 9.67. The molecule has 0 amide bonds. The van der Waals surface area contributed by atoms with Gasteiger partial charge in [0.05, 0.1) is 30.8 Å². The van der Waals surface area contributed by atoms with Crippen LogP contribution in [0.3, 0.4) is 0 Å². The molecule has 1 aliphatic heterocycles. The average molecular weight is 457 g/mol. The van der Waals surface area contributed by atoms with Crippen LogP contribution in [0, 0.1) is 12.7 Å². The van der Waals surface area contributed by atoms with E-state index in [1.165, 1.54) is 25.3 Å². The summed E-state index contributed by atoms with van der Waals surface area (Å²) in [7, 11) is -2.30. The minimum atomic E-state index is -3.83. The Morgan fingerprint density at radius 2 is 2.13 bits per heavy atom. The van der Waals surface area contributed by atoms with Crippen molar-refractivity contribution in [2.24, 2.45) is 0 Å². The number of hydrogen-bond acceptors (Lipinski definition) is 5. The summed E-state index contributed by atoms with van der Waals surface area (Å²) in [4.78, 5) is 2.15. The van der Waals surface area contributed by atoms with Gasteiger partial charge >= 0.3 is 0 Å². The Labute approximate surface area is 182 Å². The Morgan fingerprint density at radius 3 is 2.77 bits per heavy atom. The van der Waals surface area contributed by atoms with Crippen LogP contribution in [0.1, 0.15) is 24.1 Å². The third kappa shape index (κ3) is 5.12. The van der Waals surface area contributed by atoms with E-state index in [-0.39, 0.29) is 28.1 Å². The Bertz CT molecular complexity index is 982. The van der Waals surface area contributed by atoms with Crippen LogP contribution in [0.5, 0.6) is 5.75 Å². The monoisotopic (exact) mass is 456 g/mol. The van der Waals surface area contributed by atoms with Crippen LogP contribution < -0.4 is 9.46 Å². The Balaban J connectivity index is 1.90. The topological polar surface area (TPSA) is 67.9 Å². The van der Waals surface area contributed by atoms with Gasteiger partial charge in [0.15, 0.2) is 0 Å². The summed E-state index contributed by atoms with van der Waals surface area (Å²) in [6, 6.07) is 8.65. The number of sulfonamides is 1. The molecule has 2 unspecified atom stereocenters. The number of morpholine rings is 1. The highest BCUT2D eigenvalue weighted by atomic mass is 35.5. The van der Waals surface area contributed by atoms with Gasteiger partial charge in [-0.2, -0.15) is 0 Å². The molecule has 1 fully saturated rings. The maximum absolute atomic E-state index is 14.7. The van der Waals surface area contributed by atoms with E-state index in [1.54, 1.807) is 25.1 Å². The zero-order valence-electron chi connectivity index (χ0n) is 17.2. The number of aryl methyl sites for hydroxylation is 1. The summed E-state index contributed by atoms with van der Waals surface area (Å²) >= 11 is 6.32. The number of nitrogens with one attached hydrogen (secondary N) is 1. The zero-order valence-corrected chi connectivity index (χ0v) is 18.8. The number of hydrogen-bond donors (Lipinski definition) is 1. The van der Waals surface area contributed by atoms with E-state index >= 15 is 0 Å². The van der Waals surface area contributed by atoms with Crippen LogP contribution in [0.25, 0.3) is 0 Å². The van der Waals surface area contributed by atoms with Gasteiger partial charge in [-0.15, -0.1) is 0 Å². The van der Waals surface area contributed by atoms with E-state index in [2.05, 4.69) is 4.72 Å². The molecule has 1 N–H and O–H groups in total. The maximum atomic E-state index is 14.7. The highest BCUT2D eigenvalue weighted by Crippen LogP contribution is 2.31. The molecular formula is C21H26ClFN2O4S. The highest BCUT2D eigenvalue weighted by Gasteiger charge is 2.30. The molecule has 0 bridgehead atoms. The SMILES string of the molecule is COc1ccc(S(=O)(=O)NCC(c2c(F)cccc2Cl)N2CCOC(C)C2)c(C)c1. The number of methoxy groups -OCH3 is 1. The predicted molar refractivity (Wildman–Crippen MR) is 114 cm³/mol. The minimum Gasteiger partial charge on any atom is -0.497 e. The molecule has 1 heterocycles. The van der Waals surface area contributed by atoms with E-state index in [0.717, 1.165) is 0 Å². The standard InChI is InChI=1S/C21H26ClFN2O4S/c1-14-11-16(28-3)7-8-20(14)30(26,27)24-12-19(25-9-10-29-15(2)13-25)21-17(22)5-4-6-18(21)23/h4-8,11,15,19,24H,9-10,12-13H2,1-3H3. The molecule has 2 atom stereocenters. The van der Waals surface area contributed by atoms with Crippen molar-refractivity contribution >= 4 is 21.6 Å². The lowest BCUT2D eigenvalue weighted by Gasteiger charge is -2.38. The third-order valence-electron chi connectivity index (χ3n) is 5.18. The Hall–Kier alpha value is -1.71. The molecular weight excluding hydrogens is 431 g/mol. The summed E-state index contributed by atoms with van der Waals surface area (Å²) in [5.41, 5.74) is 0.838. The van der Waals surface area contributed by atoms with Gasteiger partial charge in [-0.1, -0.05) is 17.7 Å². The lowest BCUT2D eigenvalue weighted by Crippen LogP contribution is -2.47. The quantitative estimate of drug-likeness (QED) is 0.690. The van der Waals surface area contributed by atoms with E-state index in [9.17, 15) is 12.8 Å². The molecule has 164 valence electrons. The third-order valence-corrected chi connectivity index (χ3v) is 7.10. The fraction of sp³-hybridized carbons (Fsp3) is 0.429. The van der Waals surface area contributed by atoms with Crippen molar-refractivity contribution in [3.8, 4) is 5.75 Å². The fourth-order valence-electron chi connectivity index (χ4n) is 3.69. The first-order chi connectivity index (χ1) is 14.2. The maximum Gasteiger partial charge on any atom is 0.240 e. The zero-order chi connectivity index (χ0) is 21.9. The van der Waals surface area contributed by atoms with Crippen molar-refractivity contribution in [3.05, 3.63) is 58.4 Å². The summed E-state index contributed by atoms with van der Waals surface area (Å²) in [5.74, 6) is 0.108. The molecule has 1 aliphatic rings. The smallest absolute Gasteiger partial charge is 0.240 e. The Morgan fingerprint density at radius 1 is 1.37 bits per heavy atom. The number of nitrogens with zero attached hydrogens (tertiary/aromatic N) is 1. The van der Waals surface area contributed by atoms with Crippen molar-refractivity contribution in [3.63, 3.8) is 0 Å². The van der Waals surface area contributed by atoms with Crippen LogP contribution in [-0.2, 0) is 14.8 Å². The highest BCUT2D eigenvalue weighted by molar-refractivity contribution is 7.89. The second-order valence-corrected chi connectivity index (χ2v) is 9.45. The van der Waals surface area contributed by atoms with Crippen molar-refractivity contribution in [1.82, 2.24) is 9.62 Å². The minimum absolute atomic E-state index is 0.0266. The van der Waals surface area contributed by atoms with Crippen LogP contribution in [0.4, 0.5) is 4.39 Å². The predicted octanol–water partition coefficient (Wildman–Crippen LogP) is 3.54. The number of rotatable bonds is 7. The molecule has 9 heteroatoms. The molecule has 0 spiro atoms. The molecule has 0 aromatic heterocycles. The van der Waals surface area contributed by atoms with E-state index in [1.807, 2.05) is 11.8 Å². The van der Waals surface area contributed by atoms with Gasteiger partial charge in [-0.25, -0.2) is 17.5 Å². The summed E-state index contributed by atoms with van der Waals surface area (Å²) in [5, 5.41) is 0.263. The Kier molecular flexibility index (Phi) is 7.36. The normalized spacial score (nSPS) is 18.9. The molecule has 2 aromatic rings. The second-order valence-electron chi connectivity index (χ2n) is 7.31. The average Bonchev–Trinajstić information content (AvgIpc) is 2.69. The summed E-state index contributed by atoms with van der Waals surface area (Å²) < 4.78 is 54.1. The second kappa shape index (κ2) is 9.62. The summed E-state index contributed by atoms with van der Waals surface area (Å²) in [6.45, 7) is 5.17. The van der Waals surface area contributed by atoms with Crippen LogP contribution in [0.2, 0.25) is 5.02 Å². The van der Waals surface area contributed by atoms with Gasteiger partial charge in [0.25, 0.3) is 0 Å². The van der Waals surface area contributed by atoms with Crippen LogP contribution in [0.15, 0.2) is 41.3 Å². The van der Waals surface area contributed by atoms with E-state index in [4.69, 9.17) is 21.1 Å². The van der Waals surface area contributed by atoms with E-state index < -0.39 is 21.9 Å². The first kappa shape index (κ1) is 23.0. The van der Waals surface area contributed by atoms with Gasteiger partial charge in [-0.3, -0.25) is 4.90 Å². The van der Waals surface area contributed by atoms with Crippen molar-refractivity contribution < 1.29 is 22.3 Å². The molecule has 2 aromatic carbocycles. The number of halogens is 2. The molecule has 0 aliphatic carbocycles. The van der Waals surface area contributed by atoms with Gasteiger partial charge in [-0.05, 0) is 49.7 Å². The number of ether oxygens (including phenoxy) is 2. The van der Waals surface area contributed by atoms with E-state index in [0.29, 0.717) is 31.0 Å². The van der Waals surface area contributed by atoms with Crippen molar-refractivity contribution in [2.45, 2.75) is 30.9 Å². The van der Waals surface area contributed by atoms with Crippen molar-refractivity contribution in [1.29, 1.82) is 0 Å². The van der Waals surface area contributed by atoms with Gasteiger partial charge < -0.3 is 9.47 Å². The molecule has 6 nitrogen and oxygen atoms in total. The van der Waals surface area contributed by atoms with Gasteiger partial charge in [0.2, 0.25) is 10.0 Å². The number of benzene rings is 2. The molecule has 0 radical (unpaired) electrons. The molecule has 1 saturated heterocycles. The lowest BCUT2D eigenvalue weighted by atomic mass is 10.0. The van der Waals surface area contributed by atoms with Crippen molar-refractivity contribution in [2.75, 3.05) is 33.4 Å².